The highest BCUT2D eigenvalue weighted by Gasteiger charge is 2.35. The van der Waals surface area contributed by atoms with Gasteiger partial charge in [0.25, 0.3) is 6.08 Å². The first-order valence-electron chi connectivity index (χ1n) is 4.68. The molecule has 0 aromatic heterocycles. The molecular formula is C10H13F5. The molecule has 15 heavy (non-hydrogen) atoms. The van der Waals surface area contributed by atoms with Gasteiger partial charge in [0.15, 0.2) is 0 Å². The van der Waals surface area contributed by atoms with Crippen molar-refractivity contribution in [3.63, 3.8) is 0 Å². The van der Waals surface area contributed by atoms with E-state index < -0.39 is 17.8 Å². The van der Waals surface area contributed by atoms with Crippen LogP contribution in [0.1, 0.15) is 32.6 Å². The number of rotatable bonds is 5. The van der Waals surface area contributed by atoms with Gasteiger partial charge in [0.2, 0.25) is 0 Å². The highest BCUT2D eigenvalue weighted by Crippen LogP contribution is 2.30. The van der Waals surface area contributed by atoms with Crippen molar-refractivity contribution < 1.29 is 22.0 Å². The van der Waals surface area contributed by atoms with Crippen molar-refractivity contribution in [2.24, 2.45) is 0 Å². The van der Waals surface area contributed by atoms with Crippen LogP contribution in [-0.2, 0) is 0 Å². The van der Waals surface area contributed by atoms with E-state index in [0.29, 0.717) is 18.9 Å². The fourth-order valence-corrected chi connectivity index (χ4v) is 0.978. The summed E-state index contributed by atoms with van der Waals surface area (Å²) in [4.78, 5) is 0. The van der Waals surface area contributed by atoms with Gasteiger partial charge in [0, 0.05) is 0 Å². The van der Waals surface area contributed by atoms with Crippen molar-refractivity contribution in [3.05, 3.63) is 23.8 Å². The van der Waals surface area contributed by atoms with Gasteiger partial charge in [-0.1, -0.05) is 25.8 Å². The third-order valence-corrected chi connectivity index (χ3v) is 1.77. The lowest BCUT2D eigenvalue weighted by Crippen LogP contribution is -2.10. The lowest BCUT2D eigenvalue weighted by Gasteiger charge is -2.05. The average molecular weight is 228 g/mol. The maximum Gasteiger partial charge on any atom is 0.421 e. The summed E-state index contributed by atoms with van der Waals surface area (Å²) in [6, 6.07) is 0. The normalized spacial score (nSPS) is 12.1. The third-order valence-electron chi connectivity index (χ3n) is 1.77. The number of hydrogen-bond donors (Lipinski definition) is 0. The van der Waals surface area contributed by atoms with E-state index in [1.807, 2.05) is 6.92 Å². The molecule has 0 aliphatic carbocycles. The molecule has 0 rings (SSSR count). The van der Waals surface area contributed by atoms with Gasteiger partial charge in [-0.3, -0.25) is 0 Å². The Morgan fingerprint density at radius 2 is 1.73 bits per heavy atom. The second-order valence-corrected chi connectivity index (χ2v) is 3.07. The van der Waals surface area contributed by atoms with Crippen LogP contribution in [0, 0.1) is 0 Å². The Bertz CT molecular complexity index is 233. The quantitative estimate of drug-likeness (QED) is 0.359. The first-order valence-corrected chi connectivity index (χ1v) is 4.68. The maximum absolute atomic E-state index is 12.0. The van der Waals surface area contributed by atoms with Crippen molar-refractivity contribution in [1.29, 1.82) is 0 Å². The summed E-state index contributed by atoms with van der Waals surface area (Å²) >= 11 is 0. The van der Waals surface area contributed by atoms with E-state index >= 15 is 0 Å². The van der Waals surface area contributed by atoms with Crippen molar-refractivity contribution in [2.45, 2.75) is 38.8 Å². The van der Waals surface area contributed by atoms with Crippen LogP contribution in [0.4, 0.5) is 22.0 Å². The minimum absolute atomic E-state index is 0.390. The van der Waals surface area contributed by atoms with Crippen LogP contribution in [-0.4, -0.2) is 6.18 Å². The zero-order chi connectivity index (χ0) is 11.9. The number of halogens is 5. The van der Waals surface area contributed by atoms with Crippen LogP contribution in [0.2, 0.25) is 0 Å². The Kier molecular flexibility index (Phi) is 6.20. The molecule has 0 bridgehead atoms. The Labute approximate surface area is 85.5 Å². The largest absolute Gasteiger partial charge is 0.421 e. The highest BCUT2D eigenvalue weighted by molar-refractivity contribution is 5.24. The SMILES string of the molecule is CCCCC/C=C/C(=C(F)F)C(F)(F)F. The van der Waals surface area contributed by atoms with E-state index in [2.05, 4.69) is 0 Å². The summed E-state index contributed by atoms with van der Waals surface area (Å²) in [6.45, 7) is 1.95. The molecule has 88 valence electrons. The van der Waals surface area contributed by atoms with Crippen molar-refractivity contribution in [1.82, 2.24) is 0 Å². The molecule has 0 fully saturated rings. The zero-order valence-corrected chi connectivity index (χ0v) is 8.37. The molecular weight excluding hydrogens is 215 g/mol. The van der Waals surface area contributed by atoms with E-state index in [-0.39, 0.29) is 0 Å². The molecule has 0 atom stereocenters. The van der Waals surface area contributed by atoms with Gasteiger partial charge < -0.3 is 0 Å². The Hall–Kier alpha value is -0.870. The van der Waals surface area contributed by atoms with Gasteiger partial charge in [-0.15, -0.1) is 0 Å². The minimum atomic E-state index is -4.97. The number of hydrogen-bond acceptors (Lipinski definition) is 0. The monoisotopic (exact) mass is 228 g/mol. The van der Waals surface area contributed by atoms with Gasteiger partial charge >= 0.3 is 6.18 Å². The van der Waals surface area contributed by atoms with E-state index in [1.54, 1.807) is 0 Å². The molecule has 5 heteroatoms. The standard InChI is InChI=1S/C10H13F5/c1-2-3-4-5-6-7-8(9(11)12)10(13,14)15/h6-7H,2-5H2,1H3/b7-6+. The van der Waals surface area contributed by atoms with Crippen LogP contribution < -0.4 is 0 Å². The van der Waals surface area contributed by atoms with Crippen molar-refractivity contribution >= 4 is 0 Å². The molecule has 0 aliphatic heterocycles. The summed E-state index contributed by atoms with van der Waals surface area (Å²) in [5.41, 5.74) is -1.85. The molecule has 0 aromatic rings. The van der Waals surface area contributed by atoms with Gasteiger partial charge in [-0.2, -0.15) is 22.0 Å². The smallest absolute Gasteiger partial charge is 0.173 e. The number of alkyl halides is 3. The summed E-state index contributed by atoms with van der Waals surface area (Å²) in [6.07, 6.45) is -3.15. The lowest BCUT2D eigenvalue weighted by atomic mass is 10.1. The Balaban J connectivity index is 4.28. The molecule has 0 nitrogen and oxygen atoms in total. The molecule has 0 radical (unpaired) electrons. The average Bonchev–Trinajstić information content (AvgIpc) is 2.08. The second kappa shape index (κ2) is 6.58. The molecule has 0 spiro atoms. The predicted molar refractivity (Wildman–Crippen MR) is 48.6 cm³/mol. The van der Waals surface area contributed by atoms with Crippen molar-refractivity contribution in [3.8, 4) is 0 Å². The summed E-state index contributed by atoms with van der Waals surface area (Å²) in [5.74, 6) is 0. The summed E-state index contributed by atoms with van der Waals surface area (Å²) in [7, 11) is 0. The summed E-state index contributed by atoms with van der Waals surface area (Å²) < 4.78 is 59.6. The second-order valence-electron chi connectivity index (χ2n) is 3.07. The van der Waals surface area contributed by atoms with E-state index in [9.17, 15) is 22.0 Å². The topological polar surface area (TPSA) is 0 Å². The molecule has 0 aliphatic rings. The van der Waals surface area contributed by atoms with Crippen LogP contribution >= 0.6 is 0 Å². The van der Waals surface area contributed by atoms with Crippen LogP contribution in [0.25, 0.3) is 0 Å². The minimum Gasteiger partial charge on any atom is -0.173 e. The molecule has 0 saturated heterocycles. The zero-order valence-electron chi connectivity index (χ0n) is 8.37. The van der Waals surface area contributed by atoms with Crippen LogP contribution in [0.3, 0.4) is 0 Å². The first kappa shape index (κ1) is 14.1. The van der Waals surface area contributed by atoms with Gasteiger partial charge in [0.05, 0.1) is 0 Å². The fourth-order valence-electron chi connectivity index (χ4n) is 0.978. The van der Waals surface area contributed by atoms with Crippen LogP contribution in [0.15, 0.2) is 23.8 Å². The molecule has 0 heterocycles. The van der Waals surface area contributed by atoms with Crippen LogP contribution in [0.5, 0.6) is 0 Å². The number of allylic oxidation sites excluding steroid dienone is 3. The lowest BCUT2D eigenvalue weighted by molar-refractivity contribution is -0.0914. The summed E-state index contributed by atoms with van der Waals surface area (Å²) in [5, 5.41) is 0. The fraction of sp³-hybridized carbons (Fsp3) is 0.600. The third kappa shape index (κ3) is 6.25. The predicted octanol–water partition coefficient (Wildman–Crippen LogP) is 4.84. The van der Waals surface area contributed by atoms with E-state index in [1.165, 1.54) is 0 Å². The maximum atomic E-state index is 12.0. The molecule has 0 amide bonds. The van der Waals surface area contributed by atoms with Crippen molar-refractivity contribution in [2.75, 3.05) is 0 Å². The van der Waals surface area contributed by atoms with Gasteiger partial charge in [0.1, 0.15) is 5.57 Å². The highest BCUT2D eigenvalue weighted by atomic mass is 19.4. The molecule has 0 unspecified atom stereocenters. The first-order chi connectivity index (χ1) is 6.89. The number of unbranched alkanes of at least 4 members (excludes halogenated alkanes) is 3. The van der Waals surface area contributed by atoms with Gasteiger partial charge in [-0.05, 0) is 18.9 Å². The Morgan fingerprint density at radius 3 is 2.13 bits per heavy atom. The van der Waals surface area contributed by atoms with E-state index in [0.717, 1.165) is 18.9 Å². The Morgan fingerprint density at radius 1 is 1.13 bits per heavy atom. The van der Waals surface area contributed by atoms with E-state index in [4.69, 9.17) is 0 Å². The molecule has 0 N–H and O–H groups in total. The molecule has 0 aromatic carbocycles. The van der Waals surface area contributed by atoms with Gasteiger partial charge in [-0.25, -0.2) is 0 Å². The molecule has 0 saturated carbocycles.